The SMILES string of the molecule is CCCCC(CC)CN1C(=O)C2=C(c3ccc(-c4ccc([N+](=O)[O-])cc4)s3)N(CC(CC)CCCC)C(=O)C2=C1c1ccc(-c2ccc([N+](=O)[O-])cc2)s1. The van der Waals surface area contributed by atoms with Crippen molar-refractivity contribution < 1.29 is 19.4 Å². The number of nitro benzene ring substituents is 2. The Kier molecular flexibility index (Phi) is 12.2. The van der Waals surface area contributed by atoms with Crippen LogP contribution in [0.4, 0.5) is 11.4 Å². The lowest BCUT2D eigenvalue weighted by molar-refractivity contribution is -0.385. The second kappa shape index (κ2) is 17.0. The molecule has 0 N–H and O–H groups in total. The molecule has 2 unspecified atom stereocenters. The minimum Gasteiger partial charge on any atom is -0.306 e. The summed E-state index contributed by atoms with van der Waals surface area (Å²) in [7, 11) is 0. The number of hydrogen-bond acceptors (Lipinski definition) is 8. The van der Waals surface area contributed by atoms with Crippen LogP contribution in [-0.4, -0.2) is 44.6 Å². The van der Waals surface area contributed by atoms with E-state index in [9.17, 15) is 29.8 Å². The van der Waals surface area contributed by atoms with E-state index in [2.05, 4.69) is 27.7 Å². The quantitative estimate of drug-likeness (QED) is 0.0733. The van der Waals surface area contributed by atoms with Gasteiger partial charge in [0.05, 0.1) is 42.1 Å². The normalized spacial score (nSPS) is 15.4. The molecule has 6 rings (SSSR count). The summed E-state index contributed by atoms with van der Waals surface area (Å²) in [6, 6.07) is 20.7. The van der Waals surface area contributed by atoms with Crippen LogP contribution in [0.25, 0.3) is 32.3 Å². The Balaban J connectivity index is 1.50. The van der Waals surface area contributed by atoms with E-state index in [1.807, 2.05) is 34.1 Å². The van der Waals surface area contributed by atoms with Crippen molar-refractivity contribution >= 4 is 57.3 Å². The van der Waals surface area contributed by atoms with Crippen LogP contribution in [-0.2, 0) is 9.59 Å². The highest BCUT2D eigenvalue weighted by Gasteiger charge is 2.50. The third-order valence-corrected chi connectivity index (χ3v) is 12.8. The van der Waals surface area contributed by atoms with Gasteiger partial charge in [0.15, 0.2) is 0 Å². The topological polar surface area (TPSA) is 127 Å². The highest BCUT2D eigenvalue weighted by Crippen LogP contribution is 2.50. The smallest absolute Gasteiger partial charge is 0.269 e. The summed E-state index contributed by atoms with van der Waals surface area (Å²) in [5.74, 6) is 0.166. The first kappa shape index (κ1) is 38.8. The van der Waals surface area contributed by atoms with Crippen molar-refractivity contribution in [2.24, 2.45) is 11.8 Å². The summed E-state index contributed by atoms with van der Waals surface area (Å²) in [6.45, 7) is 9.62. The molecule has 0 fully saturated rings. The lowest BCUT2D eigenvalue weighted by atomic mass is 9.98. The molecule has 0 saturated carbocycles. The number of hydrogen-bond donors (Lipinski definition) is 0. The molecule has 2 aliphatic heterocycles. The van der Waals surface area contributed by atoms with E-state index in [0.717, 1.165) is 82.0 Å². The van der Waals surface area contributed by atoms with Crippen molar-refractivity contribution in [2.45, 2.75) is 79.1 Å². The standard InChI is InChI=1S/C42H46N4O6S2/c1-5-9-11-27(7-3)25-43-39(35-23-21-33(53-35)29-13-17-31(18-14-29)45(49)50)37-38(41(43)47)40(44(42(37)48)26-28(8-4)12-10-6-2)36-24-22-34(54-36)30-15-19-32(20-16-30)46(51)52/h13-24,27-28H,5-12,25-26H2,1-4H3. The third-order valence-electron chi connectivity index (χ3n) is 10.6. The van der Waals surface area contributed by atoms with Gasteiger partial charge in [0.2, 0.25) is 0 Å². The van der Waals surface area contributed by atoms with Gasteiger partial charge in [0, 0.05) is 47.1 Å². The van der Waals surface area contributed by atoms with Crippen LogP contribution in [0.3, 0.4) is 0 Å². The van der Waals surface area contributed by atoms with Gasteiger partial charge < -0.3 is 9.80 Å². The van der Waals surface area contributed by atoms with Gasteiger partial charge in [-0.2, -0.15) is 0 Å². The predicted molar refractivity (Wildman–Crippen MR) is 217 cm³/mol. The maximum atomic E-state index is 15.0. The summed E-state index contributed by atoms with van der Waals surface area (Å²) in [5.41, 5.74) is 3.83. The molecule has 0 radical (unpaired) electrons. The highest BCUT2D eigenvalue weighted by molar-refractivity contribution is 7.17. The molecule has 4 aromatic rings. The minimum absolute atomic E-state index is 0.0132. The molecule has 2 aromatic carbocycles. The Morgan fingerprint density at radius 1 is 0.556 bits per heavy atom. The molecule has 2 aromatic heterocycles. The first-order valence-corrected chi connectivity index (χ1v) is 20.6. The van der Waals surface area contributed by atoms with Gasteiger partial charge in [-0.15, -0.1) is 22.7 Å². The fourth-order valence-electron chi connectivity index (χ4n) is 7.34. The molecule has 2 aliphatic rings. The van der Waals surface area contributed by atoms with Crippen molar-refractivity contribution in [3.05, 3.63) is 114 Å². The molecule has 2 atom stereocenters. The van der Waals surface area contributed by atoms with Crippen LogP contribution in [0.2, 0.25) is 0 Å². The van der Waals surface area contributed by atoms with Crippen LogP contribution in [0.1, 0.15) is 88.8 Å². The van der Waals surface area contributed by atoms with Crippen molar-refractivity contribution in [1.29, 1.82) is 0 Å². The van der Waals surface area contributed by atoms with E-state index in [4.69, 9.17) is 0 Å². The third kappa shape index (κ3) is 7.81. The Hall–Kier alpha value is -4.94. The molecule has 12 heteroatoms. The molecule has 10 nitrogen and oxygen atoms in total. The van der Waals surface area contributed by atoms with Gasteiger partial charge in [-0.05, 0) is 84.3 Å². The maximum absolute atomic E-state index is 15.0. The zero-order chi connectivity index (χ0) is 38.5. The van der Waals surface area contributed by atoms with Crippen molar-refractivity contribution in [1.82, 2.24) is 9.80 Å². The number of amides is 2. The Labute approximate surface area is 324 Å². The van der Waals surface area contributed by atoms with Gasteiger partial charge in [0.1, 0.15) is 0 Å². The van der Waals surface area contributed by atoms with Crippen molar-refractivity contribution in [2.75, 3.05) is 13.1 Å². The summed E-state index contributed by atoms with van der Waals surface area (Å²) >= 11 is 2.96. The molecule has 54 heavy (non-hydrogen) atoms. The van der Waals surface area contributed by atoms with Gasteiger partial charge in [-0.1, -0.05) is 66.2 Å². The number of rotatable bonds is 18. The number of carbonyl (C=O) groups is 2. The number of benzene rings is 2. The van der Waals surface area contributed by atoms with E-state index in [1.165, 1.54) is 46.9 Å². The fourth-order valence-corrected chi connectivity index (χ4v) is 9.49. The van der Waals surface area contributed by atoms with Crippen LogP contribution in [0.5, 0.6) is 0 Å². The number of nitro groups is 2. The second-order valence-electron chi connectivity index (χ2n) is 14.0. The first-order valence-electron chi connectivity index (χ1n) is 18.9. The van der Waals surface area contributed by atoms with Gasteiger partial charge in [-0.25, -0.2) is 0 Å². The number of unbranched alkanes of at least 4 members (excludes halogenated alkanes) is 2. The summed E-state index contributed by atoms with van der Waals surface area (Å²) in [5, 5.41) is 22.6. The lowest BCUT2D eigenvalue weighted by Gasteiger charge is -2.29. The number of carbonyl (C=O) groups excluding carboxylic acids is 2. The number of fused-ring (bicyclic) bond motifs is 1. The van der Waals surface area contributed by atoms with E-state index in [0.29, 0.717) is 35.6 Å². The number of thiophene rings is 2. The molecular formula is C42H46N4O6S2. The molecular weight excluding hydrogens is 721 g/mol. The van der Waals surface area contributed by atoms with E-state index >= 15 is 0 Å². The molecule has 0 aliphatic carbocycles. The summed E-state index contributed by atoms with van der Waals surface area (Å²) in [4.78, 5) is 58.8. The van der Waals surface area contributed by atoms with Crippen molar-refractivity contribution in [3.63, 3.8) is 0 Å². The van der Waals surface area contributed by atoms with E-state index < -0.39 is 9.85 Å². The largest absolute Gasteiger partial charge is 0.306 e. The Morgan fingerprint density at radius 3 is 1.22 bits per heavy atom. The predicted octanol–water partition coefficient (Wildman–Crippen LogP) is 11.2. The monoisotopic (exact) mass is 766 g/mol. The Bertz CT molecular complexity index is 1950. The van der Waals surface area contributed by atoms with Crippen molar-refractivity contribution in [3.8, 4) is 20.9 Å². The molecule has 2 amide bonds. The Morgan fingerprint density at radius 2 is 0.907 bits per heavy atom. The average molecular weight is 767 g/mol. The zero-order valence-electron chi connectivity index (χ0n) is 31.2. The van der Waals surface area contributed by atoms with Gasteiger partial charge in [-0.3, -0.25) is 29.8 Å². The van der Waals surface area contributed by atoms with Gasteiger partial charge in [0.25, 0.3) is 23.2 Å². The van der Waals surface area contributed by atoms with Crippen LogP contribution >= 0.6 is 22.7 Å². The second-order valence-corrected chi connectivity index (χ2v) is 16.2. The van der Waals surface area contributed by atoms with Gasteiger partial charge >= 0.3 is 0 Å². The molecule has 282 valence electrons. The van der Waals surface area contributed by atoms with E-state index in [-0.39, 0.29) is 35.0 Å². The lowest BCUT2D eigenvalue weighted by Crippen LogP contribution is -2.34. The highest BCUT2D eigenvalue weighted by atomic mass is 32.1. The minimum atomic E-state index is -0.419. The first-order chi connectivity index (χ1) is 26.1. The van der Waals surface area contributed by atoms with Crippen LogP contribution in [0, 0.1) is 32.1 Å². The number of nitrogens with zero attached hydrogens (tertiary/aromatic N) is 4. The summed E-state index contributed by atoms with van der Waals surface area (Å²) < 4.78 is 0. The fraction of sp³-hybridized carbons (Fsp3) is 0.381. The maximum Gasteiger partial charge on any atom is 0.269 e. The average Bonchev–Trinajstić information content (AvgIpc) is 3.97. The number of non-ortho nitro benzene ring substituents is 2. The molecule has 0 bridgehead atoms. The molecule has 0 saturated heterocycles. The molecule has 4 heterocycles. The van der Waals surface area contributed by atoms with Crippen LogP contribution < -0.4 is 0 Å². The molecule has 0 spiro atoms. The van der Waals surface area contributed by atoms with Crippen LogP contribution in [0.15, 0.2) is 83.9 Å². The summed E-state index contributed by atoms with van der Waals surface area (Å²) in [6.07, 6.45) is 7.95. The van der Waals surface area contributed by atoms with E-state index in [1.54, 1.807) is 24.3 Å². The zero-order valence-corrected chi connectivity index (χ0v) is 32.8.